The van der Waals surface area contributed by atoms with E-state index in [0.717, 1.165) is 0 Å². The van der Waals surface area contributed by atoms with Crippen LogP contribution in [0.4, 0.5) is 8.78 Å². The van der Waals surface area contributed by atoms with Gasteiger partial charge in [0.2, 0.25) is 0 Å². The summed E-state index contributed by atoms with van der Waals surface area (Å²) in [5.74, 6) is -0.640. The average molecular weight is 400 g/mol. The second-order valence-electron chi connectivity index (χ2n) is 6.75. The Hall–Kier alpha value is -2.15. The monoisotopic (exact) mass is 399 g/mol. The molecule has 1 fully saturated rings. The topological polar surface area (TPSA) is 55.8 Å². The summed E-state index contributed by atoms with van der Waals surface area (Å²) in [6, 6.07) is 5.89. The molecule has 2 aliphatic rings. The van der Waals surface area contributed by atoms with Crippen LogP contribution in [0, 0.1) is 5.92 Å². The molecule has 0 bridgehead atoms. The van der Waals surface area contributed by atoms with Crippen LogP contribution >= 0.6 is 11.6 Å². The summed E-state index contributed by atoms with van der Waals surface area (Å²) in [6.45, 7) is 0.0502. The normalized spacial score (nSPS) is 26.1. The smallest absolute Gasteiger partial charge is 0.328 e. The molecule has 1 amide bonds. The minimum absolute atomic E-state index is 0.0348. The molecule has 146 valence electrons. The van der Waals surface area contributed by atoms with Crippen molar-refractivity contribution in [3.8, 4) is 5.75 Å². The van der Waals surface area contributed by atoms with Gasteiger partial charge < -0.3 is 14.4 Å². The zero-order chi connectivity index (χ0) is 19.6. The first-order chi connectivity index (χ1) is 12.9. The van der Waals surface area contributed by atoms with E-state index in [1.165, 1.54) is 18.1 Å². The molecule has 5 nitrogen and oxygen atoms in total. The van der Waals surface area contributed by atoms with Gasteiger partial charge in [0.1, 0.15) is 29.9 Å². The van der Waals surface area contributed by atoms with Gasteiger partial charge >= 0.3 is 5.97 Å². The SMILES string of the molecule is COC(=O)C(CC1CC(F)C(F)C1)N1CC(Oc2ccccc2Cl)=CC1=O. The zero-order valence-corrected chi connectivity index (χ0v) is 15.5. The van der Waals surface area contributed by atoms with Crippen LogP contribution in [-0.4, -0.2) is 48.8 Å². The van der Waals surface area contributed by atoms with Gasteiger partial charge in [-0.25, -0.2) is 13.6 Å². The Morgan fingerprint density at radius 1 is 1.30 bits per heavy atom. The molecule has 8 heteroatoms. The van der Waals surface area contributed by atoms with Gasteiger partial charge in [0.25, 0.3) is 5.91 Å². The van der Waals surface area contributed by atoms with Gasteiger partial charge in [-0.05, 0) is 37.3 Å². The maximum atomic E-state index is 13.5. The maximum Gasteiger partial charge on any atom is 0.328 e. The first kappa shape index (κ1) is 19.6. The van der Waals surface area contributed by atoms with Crippen molar-refractivity contribution >= 4 is 23.5 Å². The van der Waals surface area contributed by atoms with Crippen LogP contribution in [0.3, 0.4) is 0 Å². The van der Waals surface area contributed by atoms with E-state index in [1.807, 2.05) is 0 Å². The summed E-state index contributed by atoms with van der Waals surface area (Å²) in [6.07, 6.45) is -1.56. The summed E-state index contributed by atoms with van der Waals surface area (Å²) in [4.78, 5) is 25.9. The zero-order valence-electron chi connectivity index (χ0n) is 14.7. The lowest BCUT2D eigenvalue weighted by atomic mass is 9.97. The molecule has 0 saturated heterocycles. The second kappa shape index (κ2) is 8.25. The number of hydrogen-bond donors (Lipinski definition) is 0. The number of esters is 1. The minimum atomic E-state index is -1.53. The van der Waals surface area contributed by atoms with Crippen molar-refractivity contribution < 1.29 is 27.8 Å². The van der Waals surface area contributed by atoms with Gasteiger partial charge in [-0.2, -0.15) is 0 Å². The molecule has 1 aliphatic carbocycles. The minimum Gasteiger partial charge on any atom is -0.467 e. The molecule has 0 radical (unpaired) electrons. The highest BCUT2D eigenvalue weighted by atomic mass is 35.5. The van der Waals surface area contributed by atoms with E-state index in [1.54, 1.807) is 24.3 Å². The Labute approximate surface area is 160 Å². The Bertz CT molecular complexity index is 747. The lowest BCUT2D eigenvalue weighted by molar-refractivity contribution is -0.151. The Morgan fingerprint density at radius 2 is 1.96 bits per heavy atom. The molecule has 1 aromatic carbocycles. The van der Waals surface area contributed by atoms with Gasteiger partial charge in [0, 0.05) is 6.08 Å². The van der Waals surface area contributed by atoms with Crippen LogP contribution in [0.5, 0.6) is 5.75 Å². The fourth-order valence-corrected chi connectivity index (χ4v) is 3.70. The lowest BCUT2D eigenvalue weighted by Crippen LogP contribution is -2.44. The third-order valence-electron chi connectivity index (χ3n) is 4.89. The van der Waals surface area contributed by atoms with E-state index < -0.39 is 30.3 Å². The summed E-state index contributed by atoms with van der Waals surface area (Å²) >= 11 is 6.06. The molecule has 0 aromatic heterocycles. The number of carbonyl (C=O) groups excluding carboxylic acids is 2. The van der Waals surface area contributed by atoms with Crippen molar-refractivity contribution in [1.29, 1.82) is 0 Å². The molecule has 3 rings (SSSR count). The maximum absolute atomic E-state index is 13.5. The summed E-state index contributed by atoms with van der Waals surface area (Å²) < 4.78 is 37.4. The molecule has 1 aromatic rings. The van der Waals surface area contributed by atoms with Gasteiger partial charge in [0.15, 0.2) is 0 Å². The van der Waals surface area contributed by atoms with Gasteiger partial charge in [-0.1, -0.05) is 23.7 Å². The van der Waals surface area contributed by atoms with Crippen molar-refractivity contribution in [1.82, 2.24) is 4.90 Å². The van der Waals surface area contributed by atoms with Crippen LogP contribution in [0.25, 0.3) is 0 Å². The van der Waals surface area contributed by atoms with E-state index in [-0.39, 0.29) is 31.7 Å². The third kappa shape index (κ3) is 4.40. The molecular weight excluding hydrogens is 380 g/mol. The number of amides is 1. The van der Waals surface area contributed by atoms with E-state index in [2.05, 4.69) is 0 Å². The van der Waals surface area contributed by atoms with Crippen LogP contribution in [0.1, 0.15) is 19.3 Å². The van der Waals surface area contributed by atoms with Crippen molar-refractivity contribution in [2.24, 2.45) is 5.92 Å². The highest BCUT2D eigenvalue weighted by molar-refractivity contribution is 6.32. The first-order valence-electron chi connectivity index (χ1n) is 8.68. The molecule has 0 spiro atoms. The number of alkyl halides is 2. The van der Waals surface area contributed by atoms with Crippen LogP contribution in [0.2, 0.25) is 5.02 Å². The molecule has 3 atom stereocenters. The first-order valence-corrected chi connectivity index (χ1v) is 9.06. The van der Waals surface area contributed by atoms with Crippen molar-refractivity contribution in [2.45, 2.75) is 37.6 Å². The van der Waals surface area contributed by atoms with E-state index >= 15 is 0 Å². The fourth-order valence-electron chi connectivity index (χ4n) is 3.53. The van der Waals surface area contributed by atoms with E-state index in [4.69, 9.17) is 21.1 Å². The number of methoxy groups -OCH3 is 1. The standard InChI is InChI=1S/C19H20ClF2NO4/c1-26-19(25)16(8-11-6-14(21)15(22)7-11)23-10-12(9-18(23)24)27-17-5-3-2-4-13(17)20/h2-5,9,11,14-16H,6-8,10H2,1H3. The summed E-state index contributed by atoms with van der Waals surface area (Å²) in [5.41, 5.74) is 0. The third-order valence-corrected chi connectivity index (χ3v) is 5.20. The largest absolute Gasteiger partial charge is 0.467 e. The number of ether oxygens (including phenoxy) is 2. The number of carbonyl (C=O) groups is 2. The Kier molecular flexibility index (Phi) is 5.99. The van der Waals surface area contributed by atoms with E-state index in [0.29, 0.717) is 16.5 Å². The summed E-state index contributed by atoms with van der Waals surface area (Å²) in [5, 5.41) is 0.391. The predicted octanol–water partition coefficient (Wildman–Crippen LogP) is 3.46. The number of rotatable bonds is 6. The molecule has 1 saturated carbocycles. The van der Waals surface area contributed by atoms with Gasteiger partial charge in [-0.3, -0.25) is 4.79 Å². The number of halogens is 3. The molecule has 0 N–H and O–H groups in total. The van der Waals surface area contributed by atoms with Crippen LogP contribution < -0.4 is 4.74 Å². The lowest BCUT2D eigenvalue weighted by Gasteiger charge is -2.27. The second-order valence-corrected chi connectivity index (χ2v) is 7.16. The molecule has 1 aliphatic heterocycles. The average Bonchev–Trinajstić information content (AvgIpc) is 3.15. The van der Waals surface area contributed by atoms with Gasteiger partial charge in [-0.15, -0.1) is 0 Å². The van der Waals surface area contributed by atoms with Gasteiger partial charge in [0.05, 0.1) is 18.7 Å². The Balaban J connectivity index is 1.70. The quantitative estimate of drug-likeness (QED) is 0.687. The van der Waals surface area contributed by atoms with Crippen molar-refractivity contribution in [3.05, 3.63) is 41.1 Å². The number of benzene rings is 1. The molecule has 1 heterocycles. The van der Waals surface area contributed by atoms with Crippen molar-refractivity contribution in [3.63, 3.8) is 0 Å². The number of hydrogen-bond acceptors (Lipinski definition) is 4. The fraction of sp³-hybridized carbons (Fsp3) is 0.474. The molecular formula is C19H20ClF2NO4. The summed E-state index contributed by atoms with van der Waals surface area (Å²) in [7, 11) is 1.22. The number of nitrogens with zero attached hydrogens (tertiary/aromatic N) is 1. The highest BCUT2D eigenvalue weighted by Crippen LogP contribution is 2.35. The van der Waals surface area contributed by atoms with E-state index in [9.17, 15) is 18.4 Å². The van der Waals surface area contributed by atoms with Crippen molar-refractivity contribution in [2.75, 3.05) is 13.7 Å². The molecule has 27 heavy (non-hydrogen) atoms. The van der Waals surface area contributed by atoms with Crippen LogP contribution in [-0.2, 0) is 14.3 Å². The number of para-hydroxylation sites is 1. The molecule has 3 unspecified atom stereocenters. The highest BCUT2D eigenvalue weighted by Gasteiger charge is 2.41. The Morgan fingerprint density at radius 3 is 2.59 bits per heavy atom. The van der Waals surface area contributed by atoms with Crippen LogP contribution in [0.15, 0.2) is 36.1 Å². The predicted molar refractivity (Wildman–Crippen MR) is 94.8 cm³/mol.